The summed E-state index contributed by atoms with van der Waals surface area (Å²) in [5.74, 6) is 2.05. The van der Waals surface area contributed by atoms with Gasteiger partial charge < -0.3 is 10.1 Å². The van der Waals surface area contributed by atoms with Crippen molar-refractivity contribution in [2.75, 3.05) is 6.61 Å². The van der Waals surface area contributed by atoms with E-state index < -0.39 is 0 Å². The predicted octanol–water partition coefficient (Wildman–Crippen LogP) is 3.45. The minimum absolute atomic E-state index is 0.169. The van der Waals surface area contributed by atoms with Crippen LogP contribution in [0.25, 0.3) is 0 Å². The lowest BCUT2D eigenvalue weighted by molar-refractivity contribution is -0.155. The van der Waals surface area contributed by atoms with Crippen LogP contribution in [-0.2, 0) is 20.9 Å². The quantitative estimate of drug-likeness (QED) is 0.806. The van der Waals surface area contributed by atoms with Crippen molar-refractivity contribution in [3.05, 3.63) is 35.9 Å². The Balaban J connectivity index is 1.22. The largest absolute Gasteiger partial charge is 0.456 e. The zero-order chi connectivity index (χ0) is 17.3. The summed E-state index contributed by atoms with van der Waals surface area (Å²) in [6, 6.07) is 9.73. The first kappa shape index (κ1) is 16.6. The molecule has 4 saturated carbocycles. The van der Waals surface area contributed by atoms with Gasteiger partial charge in [-0.15, -0.1) is 0 Å². The lowest BCUT2D eigenvalue weighted by Gasteiger charge is -2.56. The van der Waals surface area contributed by atoms with Gasteiger partial charge in [0.2, 0.25) is 0 Å². The number of benzene rings is 1. The molecule has 4 nitrogen and oxygen atoms in total. The number of hydrogen-bond donors (Lipinski definition) is 1. The highest BCUT2D eigenvalue weighted by molar-refractivity contribution is 5.80. The maximum Gasteiger partial charge on any atom is 0.306 e. The van der Waals surface area contributed by atoms with Gasteiger partial charge in [0.15, 0.2) is 6.61 Å². The van der Waals surface area contributed by atoms with Crippen molar-refractivity contribution in [2.45, 2.75) is 51.5 Å². The first-order valence-corrected chi connectivity index (χ1v) is 9.56. The maximum absolute atomic E-state index is 12.3. The standard InChI is InChI=1S/C21H27NO3/c23-19(22-13-15-4-2-1-3-5-15)14-25-20(24)12-21-9-16-6-17(10-21)8-18(7-16)11-21/h1-5,16-18H,6-14H2,(H,22,23). The molecule has 0 atom stereocenters. The van der Waals surface area contributed by atoms with E-state index in [0.29, 0.717) is 13.0 Å². The summed E-state index contributed by atoms with van der Waals surface area (Å²) in [4.78, 5) is 24.2. The molecule has 0 unspecified atom stereocenters. The van der Waals surface area contributed by atoms with Crippen molar-refractivity contribution in [1.29, 1.82) is 0 Å². The molecule has 0 spiro atoms. The summed E-state index contributed by atoms with van der Waals surface area (Å²) in [6.45, 7) is 0.296. The maximum atomic E-state index is 12.3. The molecule has 4 aliphatic carbocycles. The van der Waals surface area contributed by atoms with E-state index in [1.165, 1.54) is 38.5 Å². The Morgan fingerprint density at radius 3 is 2.20 bits per heavy atom. The van der Waals surface area contributed by atoms with E-state index in [0.717, 1.165) is 23.3 Å². The average Bonchev–Trinajstić information content (AvgIpc) is 2.57. The number of ether oxygens (including phenoxy) is 1. The highest BCUT2D eigenvalue weighted by Crippen LogP contribution is 2.61. The van der Waals surface area contributed by atoms with Crippen LogP contribution in [0.2, 0.25) is 0 Å². The molecule has 1 aromatic rings. The van der Waals surface area contributed by atoms with Gasteiger partial charge in [-0.3, -0.25) is 9.59 Å². The van der Waals surface area contributed by atoms with Crippen molar-refractivity contribution in [1.82, 2.24) is 5.32 Å². The summed E-state index contributed by atoms with van der Waals surface area (Å²) < 4.78 is 5.28. The summed E-state index contributed by atoms with van der Waals surface area (Å²) >= 11 is 0. The molecular formula is C21H27NO3. The zero-order valence-electron chi connectivity index (χ0n) is 14.7. The van der Waals surface area contributed by atoms with Gasteiger partial charge in [0.1, 0.15) is 0 Å². The number of hydrogen-bond acceptors (Lipinski definition) is 3. The van der Waals surface area contributed by atoms with Crippen LogP contribution in [0, 0.1) is 23.2 Å². The van der Waals surface area contributed by atoms with Gasteiger partial charge in [-0.05, 0) is 67.3 Å². The summed E-state index contributed by atoms with van der Waals surface area (Å²) in [6.07, 6.45) is 8.18. The second kappa shape index (κ2) is 6.81. The van der Waals surface area contributed by atoms with E-state index in [2.05, 4.69) is 5.32 Å². The van der Waals surface area contributed by atoms with E-state index >= 15 is 0 Å². The first-order chi connectivity index (χ1) is 12.1. The number of carbonyl (C=O) groups is 2. The molecule has 25 heavy (non-hydrogen) atoms. The molecule has 4 bridgehead atoms. The van der Waals surface area contributed by atoms with Crippen molar-refractivity contribution in [3.63, 3.8) is 0 Å². The fraction of sp³-hybridized carbons (Fsp3) is 0.619. The average molecular weight is 341 g/mol. The van der Waals surface area contributed by atoms with E-state index in [1.807, 2.05) is 30.3 Å². The Bertz CT molecular complexity index is 605. The summed E-state index contributed by atoms with van der Waals surface area (Å²) in [7, 11) is 0. The van der Waals surface area contributed by atoms with Crippen molar-refractivity contribution >= 4 is 11.9 Å². The third-order valence-corrected chi connectivity index (χ3v) is 6.38. The summed E-state index contributed by atoms with van der Waals surface area (Å²) in [5.41, 5.74) is 1.21. The first-order valence-electron chi connectivity index (χ1n) is 9.56. The van der Waals surface area contributed by atoms with Crippen LogP contribution >= 0.6 is 0 Å². The zero-order valence-corrected chi connectivity index (χ0v) is 14.7. The van der Waals surface area contributed by atoms with Gasteiger partial charge >= 0.3 is 5.97 Å². The molecular weight excluding hydrogens is 314 g/mol. The van der Waals surface area contributed by atoms with Gasteiger partial charge in [0, 0.05) is 6.54 Å². The summed E-state index contributed by atoms with van der Waals surface area (Å²) in [5, 5.41) is 2.80. The molecule has 0 aromatic heterocycles. The topological polar surface area (TPSA) is 55.4 Å². The highest BCUT2D eigenvalue weighted by Gasteiger charge is 2.51. The number of carbonyl (C=O) groups excluding carboxylic acids is 2. The number of nitrogens with one attached hydrogen (secondary N) is 1. The molecule has 0 radical (unpaired) electrons. The van der Waals surface area contributed by atoms with E-state index in [1.54, 1.807) is 0 Å². The van der Waals surface area contributed by atoms with E-state index in [9.17, 15) is 9.59 Å². The van der Waals surface area contributed by atoms with Crippen LogP contribution in [0.3, 0.4) is 0 Å². The minimum atomic E-state index is -0.234. The van der Waals surface area contributed by atoms with Crippen LogP contribution < -0.4 is 5.32 Å². The van der Waals surface area contributed by atoms with Crippen LogP contribution in [0.4, 0.5) is 0 Å². The molecule has 1 N–H and O–H groups in total. The Hall–Kier alpha value is -1.84. The molecule has 0 aliphatic heterocycles. The molecule has 4 aliphatic rings. The molecule has 4 heteroatoms. The minimum Gasteiger partial charge on any atom is -0.456 e. The number of rotatable bonds is 6. The van der Waals surface area contributed by atoms with E-state index in [-0.39, 0.29) is 23.9 Å². The smallest absolute Gasteiger partial charge is 0.306 e. The molecule has 1 aromatic carbocycles. The number of esters is 1. The molecule has 0 saturated heterocycles. The van der Waals surface area contributed by atoms with Crippen molar-refractivity contribution in [3.8, 4) is 0 Å². The molecule has 5 rings (SSSR count). The molecule has 0 heterocycles. The Morgan fingerprint density at radius 1 is 1.00 bits per heavy atom. The van der Waals surface area contributed by atoms with Crippen molar-refractivity contribution < 1.29 is 14.3 Å². The van der Waals surface area contributed by atoms with Crippen LogP contribution in [0.15, 0.2) is 30.3 Å². The fourth-order valence-corrected chi connectivity index (χ4v) is 5.86. The Morgan fingerprint density at radius 2 is 1.60 bits per heavy atom. The third kappa shape index (κ3) is 3.88. The second-order valence-electron chi connectivity index (χ2n) is 8.52. The van der Waals surface area contributed by atoms with Crippen LogP contribution in [-0.4, -0.2) is 18.5 Å². The fourth-order valence-electron chi connectivity index (χ4n) is 5.86. The Labute approximate surface area is 149 Å². The number of amides is 1. The van der Waals surface area contributed by atoms with Gasteiger partial charge in [0.25, 0.3) is 5.91 Å². The monoisotopic (exact) mass is 341 g/mol. The van der Waals surface area contributed by atoms with Gasteiger partial charge in [-0.2, -0.15) is 0 Å². The normalized spacial score (nSPS) is 32.4. The van der Waals surface area contributed by atoms with Crippen LogP contribution in [0.1, 0.15) is 50.5 Å². The lowest BCUT2D eigenvalue weighted by Crippen LogP contribution is -2.47. The Kier molecular flexibility index (Phi) is 4.53. The van der Waals surface area contributed by atoms with Crippen molar-refractivity contribution in [2.24, 2.45) is 23.2 Å². The van der Waals surface area contributed by atoms with Gasteiger partial charge in [-0.1, -0.05) is 30.3 Å². The molecule has 1 amide bonds. The highest BCUT2D eigenvalue weighted by atomic mass is 16.5. The van der Waals surface area contributed by atoms with Gasteiger partial charge in [-0.25, -0.2) is 0 Å². The third-order valence-electron chi connectivity index (χ3n) is 6.38. The molecule has 134 valence electrons. The second-order valence-corrected chi connectivity index (χ2v) is 8.52. The predicted molar refractivity (Wildman–Crippen MR) is 94.5 cm³/mol. The lowest BCUT2D eigenvalue weighted by atomic mass is 9.49. The van der Waals surface area contributed by atoms with Gasteiger partial charge in [0.05, 0.1) is 6.42 Å². The SMILES string of the molecule is O=C(COC(=O)CC12CC3CC(CC(C3)C1)C2)NCc1ccccc1. The van der Waals surface area contributed by atoms with E-state index in [4.69, 9.17) is 4.74 Å². The molecule has 4 fully saturated rings. The van der Waals surface area contributed by atoms with Crippen LogP contribution in [0.5, 0.6) is 0 Å².